The number of nitrogens with two attached hydrogens (primary N) is 1. The van der Waals surface area contributed by atoms with E-state index in [-0.39, 0.29) is 17.0 Å². The second-order valence-corrected chi connectivity index (χ2v) is 7.95. The predicted octanol–water partition coefficient (Wildman–Crippen LogP) is 1.54. The molecule has 134 valence electrons. The van der Waals surface area contributed by atoms with Gasteiger partial charge in [-0.15, -0.1) is 0 Å². The minimum absolute atomic E-state index is 0.146. The molecule has 0 saturated carbocycles. The van der Waals surface area contributed by atoms with Gasteiger partial charge < -0.3 is 10.6 Å². The Morgan fingerprint density at radius 2 is 1.56 bits per heavy atom. The van der Waals surface area contributed by atoms with E-state index < -0.39 is 15.9 Å². The van der Waals surface area contributed by atoms with Gasteiger partial charge in [0.05, 0.1) is 4.90 Å². The van der Waals surface area contributed by atoms with Gasteiger partial charge in [0.1, 0.15) is 0 Å². The lowest BCUT2D eigenvalue weighted by Gasteiger charge is -2.24. The Morgan fingerprint density at radius 1 is 0.960 bits per heavy atom. The van der Waals surface area contributed by atoms with Crippen LogP contribution in [0.4, 0.5) is 0 Å². The first-order chi connectivity index (χ1) is 11.8. The standard InChI is InChI=1S/C18H23N3O3S/c1-20(2)12-13-21(14-15-6-4-3-5-7-15)25(23,24)17-10-8-16(9-11-17)18(19)22/h3-11H,12-14H2,1-2H3,(H2,19,22). The van der Waals surface area contributed by atoms with Gasteiger partial charge in [0.25, 0.3) is 0 Å². The summed E-state index contributed by atoms with van der Waals surface area (Å²) in [5.41, 5.74) is 6.41. The van der Waals surface area contributed by atoms with Gasteiger partial charge in [-0.2, -0.15) is 4.31 Å². The predicted molar refractivity (Wildman–Crippen MR) is 97.6 cm³/mol. The summed E-state index contributed by atoms with van der Waals surface area (Å²) >= 11 is 0. The summed E-state index contributed by atoms with van der Waals surface area (Å²) in [4.78, 5) is 13.3. The third-order valence-corrected chi connectivity index (χ3v) is 5.63. The normalized spacial score (nSPS) is 11.8. The SMILES string of the molecule is CN(C)CCN(Cc1ccccc1)S(=O)(=O)c1ccc(C(N)=O)cc1. The molecule has 2 N–H and O–H groups in total. The molecule has 25 heavy (non-hydrogen) atoms. The molecule has 0 saturated heterocycles. The van der Waals surface area contributed by atoms with Crippen LogP contribution in [0.15, 0.2) is 59.5 Å². The van der Waals surface area contributed by atoms with E-state index in [1.54, 1.807) is 0 Å². The molecule has 0 bridgehead atoms. The Kier molecular flexibility index (Phi) is 6.30. The van der Waals surface area contributed by atoms with Crippen molar-refractivity contribution in [1.82, 2.24) is 9.21 Å². The van der Waals surface area contributed by atoms with Gasteiger partial charge in [-0.1, -0.05) is 30.3 Å². The molecule has 0 aliphatic rings. The van der Waals surface area contributed by atoms with Crippen LogP contribution in [-0.4, -0.2) is 50.7 Å². The molecule has 0 unspecified atom stereocenters. The maximum atomic E-state index is 13.0. The summed E-state index contributed by atoms with van der Waals surface area (Å²) < 4.78 is 27.5. The van der Waals surface area contributed by atoms with E-state index in [2.05, 4.69) is 0 Å². The van der Waals surface area contributed by atoms with Crippen LogP contribution in [-0.2, 0) is 16.6 Å². The maximum Gasteiger partial charge on any atom is 0.248 e. The minimum atomic E-state index is -3.68. The van der Waals surface area contributed by atoms with Crippen molar-refractivity contribution in [3.63, 3.8) is 0 Å². The highest BCUT2D eigenvalue weighted by atomic mass is 32.2. The molecule has 2 aromatic rings. The number of hydrogen-bond donors (Lipinski definition) is 1. The van der Waals surface area contributed by atoms with Crippen LogP contribution in [0, 0.1) is 0 Å². The van der Waals surface area contributed by atoms with Crippen molar-refractivity contribution < 1.29 is 13.2 Å². The number of carbonyl (C=O) groups is 1. The number of nitrogens with zero attached hydrogens (tertiary/aromatic N) is 2. The van der Waals surface area contributed by atoms with E-state index in [9.17, 15) is 13.2 Å². The average molecular weight is 361 g/mol. The molecule has 2 rings (SSSR count). The lowest BCUT2D eigenvalue weighted by molar-refractivity contribution is 0.1000. The number of likely N-dealkylation sites (N-methyl/N-ethyl adjacent to an activating group) is 1. The Bertz CT molecular complexity index is 803. The zero-order chi connectivity index (χ0) is 18.4. The van der Waals surface area contributed by atoms with Crippen molar-refractivity contribution in [3.8, 4) is 0 Å². The molecule has 0 spiro atoms. The first kappa shape index (κ1) is 19.1. The molecule has 0 aliphatic carbocycles. The van der Waals surface area contributed by atoms with Crippen molar-refractivity contribution >= 4 is 15.9 Å². The zero-order valence-corrected chi connectivity index (χ0v) is 15.2. The number of amides is 1. The van der Waals surface area contributed by atoms with Gasteiger partial charge in [-0.25, -0.2) is 8.42 Å². The number of carbonyl (C=O) groups excluding carboxylic acids is 1. The summed E-state index contributed by atoms with van der Waals surface area (Å²) in [5.74, 6) is -0.585. The Hall–Kier alpha value is -2.22. The lowest BCUT2D eigenvalue weighted by Crippen LogP contribution is -2.36. The maximum absolute atomic E-state index is 13.0. The van der Waals surface area contributed by atoms with E-state index in [0.717, 1.165) is 5.56 Å². The molecule has 0 heterocycles. The molecule has 6 nitrogen and oxygen atoms in total. The van der Waals surface area contributed by atoms with Crippen LogP contribution >= 0.6 is 0 Å². The highest BCUT2D eigenvalue weighted by molar-refractivity contribution is 7.89. The van der Waals surface area contributed by atoms with Gasteiger partial charge in [-0.3, -0.25) is 4.79 Å². The summed E-state index contributed by atoms with van der Waals surface area (Å²) in [6.45, 7) is 1.25. The first-order valence-corrected chi connectivity index (χ1v) is 9.33. The second-order valence-electron chi connectivity index (χ2n) is 6.02. The Labute approximate surface area is 148 Å². The number of primary amides is 1. The van der Waals surface area contributed by atoms with Gasteiger partial charge >= 0.3 is 0 Å². The van der Waals surface area contributed by atoms with E-state index in [1.807, 2.05) is 49.3 Å². The zero-order valence-electron chi connectivity index (χ0n) is 14.4. The van der Waals surface area contributed by atoms with Gasteiger partial charge in [0, 0.05) is 25.2 Å². The minimum Gasteiger partial charge on any atom is -0.366 e. The van der Waals surface area contributed by atoms with Crippen LogP contribution in [0.5, 0.6) is 0 Å². The fraction of sp³-hybridized carbons (Fsp3) is 0.278. The fourth-order valence-corrected chi connectivity index (χ4v) is 3.74. The largest absolute Gasteiger partial charge is 0.366 e. The lowest BCUT2D eigenvalue weighted by atomic mass is 10.2. The highest BCUT2D eigenvalue weighted by Gasteiger charge is 2.24. The van der Waals surface area contributed by atoms with Crippen molar-refractivity contribution in [3.05, 3.63) is 65.7 Å². The van der Waals surface area contributed by atoms with E-state index in [0.29, 0.717) is 13.1 Å². The molecule has 0 radical (unpaired) electrons. The Balaban J connectivity index is 2.31. The molecule has 2 aromatic carbocycles. The molecule has 0 atom stereocenters. The first-order valence-electron chi connectivity index (χ1n) is 7.89. The van der Waals surface area contributed by atoms with Crippen LogP contribution in [0.25, 0.3) is 0 Å². The van der Waals surface area contributed by atoms with Crippen LogP contribution in [0.1, 0.15) is 15.9 Å². The van der Waals surface area contributed by atoms with Gasteiger partial charge in [0.15, 0.2) is 0 Å². The van der Waals surface area contributed by atoms with E-state index in [1.165, 1.54) is 28.6 Å². The number of hydrogen-bond acceptors (Lipinski definition) is 4. The molecule has 1 amide bonds. The molecular weight excluding hydrogens is 338 g/mol. The fourth-order valence-electron chi connectivity index (χ4n) is 2.32. The monoisotopic (exact) mass is 361 g/mol. The van der Waals surface area contributed by atoms with Crippen molar-refractivity contribution in [2.75, 3.05) is 27.2 Å². The average Bonchev–Trinajstić information content (AvgIpc) is 2.59. The smallest absolute Gasteiger partial charge is 0.248 e. The van der Waals surface area contributed by atoms with Crippen molar-refractivity contribution in [1.29, 1.82) is 0 Å². The van der Waals surface area contributed by atoms with Crippen LogP contribution < -0.4 is 5.73 Å². The molecule has 0 aromatic heterocycles. The molecule has 0 fully saturated rings. The van der Waals surface area contributed by atoms with Crippen LogP contribution in [0.2, 0.25) is 0 Å². The van der Waals surface area contributed by atoms with Gasteiger partial charge in [-0.05, 0) is 43.9 Å². The van der Waals surface area contributed by atoms with E-state index in [4.69, 9.17) is 5.73 Å². The summed E-state index contributed by atoms with van der Waals surface area (Å²) in [6, 6.07) is 15.2. The summed E-state index contributed by atoms with van der Waals surface area (Å²) in [7, 11) is 0.113. The van der Waals surface area contributed by atoms with Crippen molar-refractivity contribution in [2.24, 2.45) is 5.73 Å². The Morgan fingerprint density at radius 3 is 2.08 bits per heavy atom. The third-order valence-electron chi connectivity index (χ3n) is 3.77. The quantitative estimate of drug-likeness (QED) is 0.773. The van der Waals surface area contributed by atoms with Crippen LogP contribution in [0.3, 0.4) is 0 Å². The number of rotatable bonds is 8. The number of sulfonamides is 1. The molecular formula is C18H23N3O3S. The van der Waals surface area contributed by atoms with Crippen molar-refractivity contribution in [2.45, 2.75) is 11.4 Å². The summed E-state index contributed by atoms with van der Waals surface area (Å²) in [5, 5.41) is 0. The molecule has 7 heteroatoms. The number of benzene rings is 2. The van der Waals surface area contributed by atoms with E-state index >= 15 is 0 Å². The topological polar surface area (TPSA) is 83.7 Å². The third kappa shape index (κ3) is 5.12. The molecule has 0 aliphatic heterocycles. The second kappa shape index (κ2) is 8.24. The summed E-state index contributed by atoms with van der Waals surface area (Å²) in [6.07, 6.45) is 0. The highest BCUT2D eigenvalue weighted by Crippen LogP contribution is 2.19. The van der Waals surface area contributed by atoms with Gasteiger partial charge in [0.2, 0.25) is 15.9 Å².